The van der Waals surface area contributed by atoms with Crippen molar-refractivity contribution in [3.05, 3.63) is 91.0 Å². The summed E-state index contributed by atoms with van der Waals surface area (Å²) in [5.74, 6) is 0. The molecule has 0 aromatic heterocycles. The maximum Gasteiger partial charge on any atom is 0.228 e. The lowest BCUT2D eigenvalue weighted by Gasteiger charge is -2.28. The van der Waals surface area contributed by atoms with Crippen molar-refractivity contribution in [3.63, 3.8) is 0 Å². The minimum atomic E-state index is -2.36. The quantitative estimate of drug-likeness (QED) is 0.382. The fourth-order valence-electron chi connectivity index (χ4n) is 3.06. The van der Waals surface area contributed by atoms with Crippen LogP contribution in [0.15, 0.2) is 91.0 Å². The summed E-state index contributed by atoms with van der Waals surface area (Å²) in [6, 6.07) is 32.6. The van der Waals surface area contributed by atoms with Gasteiger partial charge in [0, 0.05) is 0 Å². The van der Waals surface area contributed by atoms with Gasteiger partial charge in [-0.2, -0.15) is 0 Å². The molecule has 0 heterocycles. The molecule has 0 aliphatic carbocycles. The fourth-order valence-corrected chi connectivity index (χ4v) is 8.82. The Labute approximate surface area is 153 Å². The summed E-state index contributed by atoms with van der Waals surface area (Å²) in [7, 11) is -3.85. The van der Waals surface area contributed by atoms with E-state index in [-0.39, 0.29) is 0 Å². The summed E-state index contributed by atoms with van der Waals surface area (Å²) in [5, 5.41) is 4.08. The van der Waals surface area contributed by atoms with E-state index in [1.54, 1.807) is 0 Å². The third-order valence-electron chi connectivity index (χ3n) is 4.25. The SMILES string of the molecule is C[Si](C)(C)C#C[Si](c1ccccc1)(c1ccccc1)c1ccccc1. The number of hydrogen-bond acceptors (Lipinski definition) is 0. The molecule has 0 amide bonds. The van der Waals surface area contributed by atoms with Gasteiger partial charge in [-0.05, 0) is 15.6 Å². The summed E-state index contributed by atoms with van der Waals surface area (Å²) in [4.78, 5) is 0. The van der Waals surface area contributed by atoms with Crippen LogP contribution in [-0.2, 0) is 0 Å². The molecule has 0 aliphatic heterocycles. The van der Waals surface area contributed by atoms with Gasteiger partial charge in [0.2, 0.25) is 8.07 Å². The third-order valence-corrected chi connectivity index (χ3v) is 9.47. The van der Waals surface area contributed by atoms with Crippen LogP contribution >= 0.6 is 0 Å². The van der Waals surface area contributed by atoms with Crippen molar-refractivity contribution in [2.75, 3.05) is 0 Å². The van der Waals surface area contributed by atoms with E-state index in [0.29, 0.717) is 0 Å². The van der Waals surface area contributed by atoms with E-state index >= 15 is 0 Å². The molecule has 0 N–H and O–H groups in total. The van der Waals surface area contributed by atoms with E-state index in [2.05, 4.69) is 122 Å². The molecule has 0 saturated heterocycles. The Hall–Kier alpha value is -2.35. The molecule has 0 fully saturated rings. The zero-order chi connectivity index (χ0) is 17.8. The second-order valence-corrected chi connectivity index (χ2v) is 15.6. The van der Waals surface area contributed by atoms with Crippen LogP contribution in [0.4, 0.5) is 0 Å². The smallest absolute Gasteiger partial charge is 0.138 e. The lowest BCUT2D eigenvalue weighted by molar-refractivity contribution is 1.69. The zero-order valence-electron chi connectivity index (χ0n) is 15.2. The first-order chi connectivity index (χ1) is 12.0. The van der Waals surface area contributed by atoms with Gasteiger partial charge in [0.15, 0.2) is 0 Å². The average molecular weight is 357 g/mol. The van der Waals surface area contributed by atoms with E-state index in [0.717, 1.165) is 0 Å². The molecule has 0 spiro atoms. The first kappa shape index (κ1) is 17.5. The molecular weight excluding hydrogens is 332 g/mol. The molecule has 3 rings (SSSR count). The first-order valence-corrected chi connectivity index (χ1v) is 14.2. The number of rotatable bonds is 3. The average Bonchev–Trinajstić information content (AvgIpc) is 2.64. The summed E-state index contributed by atoms with van der Waals surface area (Å²) >= 11 is 0. The Morgan fingerprint density at radius 2 is 0.800 bits per heavy atom. The Morgan fingerprint density at radius 1 is 0.480 bits per heavy atom. The number of benzene rings is 3. The van der Waals surface area contributed by atoms with Gasteiger partial charge in [0.05, 0.1) is 0 Å². The molecule has 3 aromatic carbocycles. The maximum absolute atomic E-state index is 3.87. The van der Waals surface area contributed by atoms with Crippen LogP contribution in [0.5, 0.6) is 0 Å². The normalized spacial score (nSPS) is 11.5. The van der Waals surface area contributed by atoms with Crippen LogP contribution in [0.3, 0.4) is 0 Å². The highest BCUT2D eigenvalue weighted by Crippen LogP contribution is 2.08. The molecule has 0 radical (unpaired) electrons. The molecule has 0 nitrogen and oxygen atoms in total. The molecule has 0 unspecified atom stereocenters. The highest BCUT2D eigenvalue weighted by Gasteiger charge is 2.38. The van der Waals surface area contributed by atoms with E-state index < -0.39 is 16.1 Å². The van der Waals surface area contributed by atoms with E-state index in [9.17, 15) is 0 Å². The van der Waals surface area contributed by atoms with E-state index in [1.807, 2.05) is 0 Å². The van der Waals surface area contributed by atoms with Crippen LogP contribution in [0, 0.1) is 11.1 Å². The highest BCUT2D eigenvalue weighted by molar-refractivity contribution is 7.17. The molecule has 0 atom stereocenters. The van der Waals surface area contributed by atoms with Gasteiger partial charge in [0.1, 0.15) is 8.07 Å². The second-order valence-electron chi connectivity index (χ2n) is 7.35. The van der Waals surface area contributed by atoms with E-state index in [1.165, 1.54) is 15.6 Å². The van der Waals surface area contributed by atoms with Gasteiger partial charge >= 0.3 is 0 Å². The molecule has 0 bridgehead atoms. The van der Waals surface area contributed by atoms with Crippen LogP contribution < -0.4 is 15.6 Å². The molecule has 2 heteroatoms. The van der Waals surface area contributed by atoms with Gasteiger partial charge in [-0.25, -0.2) is 0 Å². The standard InChI is InChI=1S/C23H24Si2/c1-24(2,3)19-20-25(21-13-7-4-8-14-21,22-15-9-5-10-16-22)23-17-11-6-12-18-23/h4-18H,1-3H3. The minimum Gasteiger partial charge on any atom is -0.138 e. The lowest BCUT2D eigenvalue weighted by Crippen LogP contribution is -2.66. The van der Waals surface area contributed by atoms with Crippen LogP contribution in [-0.4, -0.2) is 16.1 Å². The molecular formula is C23H24Si2. The van der Waals surface area contributed by atoms with Crippen molar-refractivity contribution < 1.29 is 0 Å². The molecule has 0 saturated carbocycles. The third kappa shape index (κ3) is 3.84. The van der Waals surface area contributed by atoms with Gasteiger partial charge in [-0.3, -0.25) is 0 Å². The Bertz CT molecular complexity index is 771. The summed E-state index contributed by atoms with van der Waals surface area (Å²) < 4.78 is 0. The van der Waals surface area contributed by atoms with Gasteiger partial charge in [0.25, 0.3) is 0 Å². The first-order valence-electron chi connectivity index (χ1n) is 8.73. The topological polar surface area (TPSA) is 0 Å². The second kappa shape index (κ2) is 7.27. The Kier molecular flexibility index (Phi) is 5.08. The van der Waals surface area contributed by atoms with Crippen molar-refractivity contribution in [2.24, 2.45) is 0 Å². The predicted octanol–water partition coefficient (Wildman–Crippen LogP) is 3.58. The van der Waals surface area contributed by atoms with Crippen molar-refractivity contribution in [3.8, 4) is 11.1 Å². The molecule has 124 valence electrons. The summed E-state index contributed by atoms with van der Waals surface area (Å²) in [6.45, 7) is 6.96. The van der Waals surface area contributed by atoms with Crippen LogP contribution in [0.1, 0.15) is 0 Å². The van der Waals surface area contributed by atoms with E-state index in [4.69, 9.17) is 0 Å². The van der Waals surface area contributed by atoms with Crippen molar-refractivity contribution in [1.29, 1.82) is 0 Å². The molecule has 3 aromatic rings. The van der Waals surface area contributed by atoms with Crippen LogP contribution in [0.25, 0.3) is 0 Å². The van der Waals surface area contributed by atoms with Crippen molar-refractivity contribution in [1.82, 2.24) is 0 Å². The Balaban J connectivity index is 2.37. The maximum atomic E-state index is 3.87. The summed E-state index contributed by atoms with van der Waals surface area (Å²) in [6.07, 6.45) is 0. The monoisotopic (exact) mass is 356 g/mol. The van der Waals surface area contributed by atoms with Crippen molar-refractivity contribution in [2.45, 2.75) is 19.6 Å². The largest absolute Gasteiger partial charge is 0.228 e. The fraction of sp³-hybridized carbons (Fsp3) is 0.130. The molecule has 0 aliphatic rings. The number of hydrogen-bond donors (Lipinski definition) is 0. The molecule has 25 heavy (non-hydrogen) atoms. The van der Waals surface area contributed by atoms with Gasteiger partial charge in [-0.1, -0.05) is 111 Å². The van der Waals surface area contributed by atoms with Gasteiger partial charge in [-0.15, -0.1) is 11.1 Å². The minimum absolute atomic E-state index is 1.36. The highest BCUT2D eigenvalue weighted by atomic mass is 28.3. The summed E-state index contributed by atoms with van der Waals surface area (Å²) in [5.41, 5.74) is 7.58. The van der Waals surface area contributed by atoms with Crippen molar-refractivity contribution >= 4 is 31.7 Å². The predicted molar refractivity (Wildman–Crippen MR) is 115 cm³/mol. The van der Waals surface area contributed by atoms with Gasteiger partial charge < -0.3 is 0 Å². The Morgan fingerprint density at radius 3 is 1.08 bits per heavy atom. The zero-order valence-corrected chi connectivity index (χ0v) is 17.2. The lowest BCUT2D eigenvalue weighted by atomic mass is 10.3. The van der Waals surface area contributed by atoms with Crippen LogP contribution in [0.2, 0.25) is 19.6 Å².